The molecular weight excluding hydrogens is 835 g/mol. The van der Waals surface area contributed by atoms with Gasteiger partial charge in [-0.05, 0) is 62.7 Å². The molecule has 0 bridgehead atoms. The molecule has 16 nitrogen and oxygen atoms in total. The predicted octanol–water partition coefficient (Wildman–Crippen LogP) is 6.15. The second-order valence-corrected chi connectivity index (χ2v) is 15.4. The van der Waals surface area contributed by atoms with Crippen LogP contribution < -0.4 is 26.6 Å². The van der Waals surface area contributed by atoms with Crippen molar-refractivity contribution in [2.45, 2.75) is 37.5 Å². The number of carbonyl (C=O) groups is 8. The van der Waals surface area contributed by atoms with Gasteiger partial charge in [-0.3, -0.25) is 39.4 Å². The van der Waals surface area contributed by atoms with Gasteiger partial charge in [-0.25, -0.2) is 9.59 Å². The lowest BCUT2D eigenvalue weighted by Gasteiger charge is -2.18. The molecule has 332 valence electrons. The highest BCUT2D eigenvalue weighted by Gasteiger charge is 2.31. The first-order valence-electron chi connectivity index (χ1n) is 20.9. The van der Waals surface area contributed by atoms with E-state index in [1.807, 2.05) is 97.1 Å². The summed E-state index contributed by atoms with van der Waals surface area (Å²) in [6.45, 7) is -1.36. The SMILES string of the molecule is O=C(O)CNC(=O)CCC(=O)CNC(=O)CCC(=O)CNC(=O)c1ccc(NC(=O)OCC2c3ccccc3-c3ccccc32)c(NC(=O)OCC2c3ccccc3-c3ccccc32)c1. The summed E-state index contributed by atoms with van der Waals surface area (Å²) in [5.41, 5.74) is 8.46. The predicted molar refractivity (Wildman–Crippen MR) is 238 cm³/mol. The minimum atomic E-state index is -1.22. The van der Waals surface area contributed by atoms with Gasteiger partial charge in [-0.1, -0.05) is 97.1 Å². The van der Waals surface area contributed by atoms with Gasteiger partial charge >= 0.3 is 18.2 Å². The second kappa shape index (κ2) is 20.8. The van der Waals surface area contributed by atoms with E-state index in [9.17, 15) is 38.4 Å². The van der Waals surface area contributed by atoms with Crippen LogP contribution in [0.15, 0.2) is 115 Å². The monoisotopic (exact) mass is 879 g/mol. The summed E-state index contributed by atoms with van der Waals surface area (Å²) < 4.78 is 11.5. The third-order valence-electron chi connectivity index (χ3n) is 11.1. The van der Waals surface area contributed by atoms with E-state index in [1.165, 1.54) is 18.2 Å². The third kappa shape index (κ3) is 11.3. The van der Waals surface area contributed by atoms with Gasteiger partial charge in [0, 0.05) is 43.1 Å². The van der Waals surface area contributed by atoms with Crippen LogP contribution in [0.1, 0.15) is 70.1 Å². The smallest absolute Gasteiger partial charge is 0.411 e. The average Bonchev–Trinajstić information content (AvgIpc) is 3.81. The molecule has 0 aromatic heterocycles. The molecular formula is C49H45N5O11. The highest BCUT2D eigenvalue weighted by molar-refractivity contribution is 6.02. The summed E-state index contributed by atoms with van der Waals surface area (Å²) in [6.07, 6.45) is -2.65. The quantitative estimate of drug-likeness (QED) is 0.0550. The van der Waals surface area contributed by atoms with E-state index in [0.717, 1.165) is 44.5 Å². The summed E-state index contributed by atoms with van der Waals surface area (Å²) in [7, 11) is 0. The van der Waals surface area contributed by atoms with Crippen molar-refractivity contribution in [3.8, 4) is 22.3 Å². The Morgan fingerprint density at radius 2 is 0.862 bits per heavy atom. The molecule has 0 aliphatic heterocycles. The Balaban J connectivity index is 0.961. The Hall–Kier alpha value is -8.14. The van der Waals surface area contributed by atoms with Gasteiger partial charge in [0.25, 0.3) is 5.91 Å². The zero-order chi connectivity index (χ0) is 45.9. The minimum Gasteiger partial charge on any atom is -0.480 e. The van der Waals surface area contributed by atoms with Crippen molar-refractivity contribution < 1.29 is 52.9 Å². The summed E-state index contributed by atoms with van der Waals surface area (Å²) >= 11 is 0. The first-order valence-corrected chi connectivity index (χ1v) is 20.9. The molecule has 16 heteroatoms. The summed E-state index contributed by atoms with van der Waals surface area (Å²) in [5, 5.41) is 21.0. The standard InChI is InChI=1S/C49H45N5O11/c55-30(18-22-45(58)51-26-46(59)60)24-50-44(57)21-19-31(56)25-52-47(61)29-17-20-42(53-48(62)64-27-40-36-13-5-1-9-32(36)33-10-2-6-14-37(33)40)43(23-29)54-49(63)65-28-41-38-15-7-3-11-34(38)35-12-4-8-16-39(35)41/h1-17,20,23,40-41H,18-19,21-22,24-28H2,(H,50,57)(H,51,58)(H,52,61)(H,53,62)(H,54,63)(H,59,60). The number of Topliss-reactive ketones (excluding diaryl/α,β-unsaturated/α-hetero) is 2. The lowest BCUT2D eigenvalue weighted by Crippen LogP contribution is -2.33. The maximum Gasteiger partial charge on any atom is 0.411 e. The van der Waals surface area contributed by atoms with Gasteiger partial charge in [0.05, 0.1) is 24.5 Å². The fourth-order valence-electron chi connectivity index (χ4n) is 7.90. The van der Waals surface area contributed by atoms with Crippen LogP contribution in [0.4, 0.5) is 21.0 Å². The topological polar surface area (TPSA) is 235 Å². The molecule has 7 rings (SSSR count). The fraction of sp³-hybridized carbons (Fsp3) is 0.224. The summed E-state index contributed by atoms with van der Waals surface area (Å²) in [6, 6.07) is 35.7. The number of rotatable bonds is 19. The Kier molecular flexibility index (Phi) is 14.4. The normalized spacial score (nSPS) is 12.1. The molecule has 0 unspecified atom stereocenters. The molecule has 0 radical (unpaired) electrons. The van der Waals surface area contributed by atoms with Gasteiger partial charge in [-0.15, -0.1) is 0 Å². The molecule has 6 N–H and O–H groups in total. The van der Waals surface area contributed by atoms with Gasteiger partial charge in [0.1, 0.15) is 19.8 Å². The Morgan fingerprint density at radius 3 is 1.31 bits per heavy atom. The van der Waals surface area contributed by atoms with Crippen molar-refractivity contribution >= 4 is 58.8 Å². The van der Waals surface area contributed by atoms with Crippen molar-refractivity contribution in [1.82, 2.24) is 16.0 Å². The van der Waals surface area contributed by atoms with Gasteiger partial charge in [0.15, 0.2) is 11.6 Å². The van der Waals surface area contributed by atoms with E-state index in [1.54, 1.807) is 0 Å². The molecule has 0 spiro atoms. The molecule has 5 amide bonds. The van der Waals surface area contributed by atoms with Crippen LogP contribution in [0.5, 0.6) is 0 Å². The number of carboxylic acids is 1. The number of fused-ring (bicyclic) bond motifs is 6. The molecule has 0 fully saturated rings. The summed E-state index contributed by atoms with van der Waals surface area (Å²) in [5.74, 6) is -4.52. The molecule has 2 aliphatic carbocycles. The molecule has 2 aliphatic rings. The van der Waals surface area contributed by atoms with Crippen LogP contribution in [0, 0.1) is 0 Å². The Morgan fingerprint density at radius 1 is 0.462 bits per heavy atom. The van der Waals surface area contributed by atoms with Crippen molar-refractivity contribution in [2.24, 2.45) is 0 Å². The van der Waals surface area contributed by atoms with Crippen molar-refractivity contribution in [2.75, 3.05) is 43.5 Å². The molecule has 0 atom stereocenters. The van der Waals surface area contributed by atoms with E-state index < -0.39 is 60.5 Å². The second-order valence-electron chi connectivity index (χ2n) is 15.4. The number of ether oxygens (including phenoxy) is 2. The number of carboxylic acid groups (broad SMARTS) is 1. The number of amides is 5. The molecule has 65 heavy (non-hydrogen) atoms. The van der Waals surface area contributed by atoms with E-state index in [2.05, 4.69) is 26.6 Å². The maximum atomic E-state index is 13.5. The number of benzene rings is 5. The molecule has 0 saturated carbocycles. The number of ketones is 2. The Bertz CT molecular complexity index is 2590. The van der Waals surface area contributed by atoms with Crippen LogP contribution >= 0.6 is 0 Å². The zero-order valence-electron chi connectivity index (χ0n) is 35.0. The zero-order valence-corrected chi connectivity index (χ0v) is 35.0. The van der Waals surface area contributed by atoms with Crippen LogP contribution in [-0.2, 0) is 33.4 Å². The van der Waals surface area contributed by atoms with Crippen molar-refractivity contribution in [3.63, 3.8) is 0 Å². The van der Waals surface area contributed by atoms with E-state index in [0.29, 0.717) is 0 Å². The number of aliphatic carboxylic acids is 1. The lowest BCUT2D eigenvalue weighted by molar-refractivity contribution is -0.138. The van der Waals surface area contributed by atoms with Crippen molar-refractivity contribution in [3.05, 3.63) is 143 Å². The van der Waals surface area contributed by atoms with Crippen LogP contribution in [0.25, 0.3) is 22.3 Å². The molecule has 0 heterocycles. The maximum absolute atomic E-state index is 13.5. The average molecular weight is 880 g/mol. The van der Waals surface area contributed by atoms with Crippen molar-refractivity contribution in [1.29, 1.82) is 0 Å². The van der Waals surface area contributed by atoms with E-state index in [4.69, 9.17) is 14.6 Å². The van der Waals surface area contributed by atoms with Gasteiger partial charge < -0.3 is 30.5 Å². The Labute approximate surface area is 373 Å². The first-order chi connectivity index (χ1) is 31.4. The number of anilines is 2. The summed E-state index contributed by atoms with van der Waals surface area (Å²) in [4.78, 5) is 99.2. The third-order valence-corrected chi connectivity index (χ3v) is 11.1. The number of carbonyl (C=O) groups excluding carboxylic acids is 7. The van der Waals surface area contributed by atoms with Gasteiger partial charge in [0.2, 0.25) is 11.8 Å². The highest BCUT2D eigenvalue weighted by Crippen LogP contribution is 2.46. The molecule has 5 aromatic rings. The van der Waals surface area contributed by atoms with Crippen LogP contribution in [-0.4, -0.2) is 85.4 Å². The molecule has 5 aromatic carbocycles. The van der Waals surface area contributed by atoms with E-state index >= 15 is 0 Å². The fourth-order valence-corrected chi connectivity index (χ4v) is 7.90. The first kappa shape index (κ1) is 44.9. The van der Waals surface area contributed by atoms with Crippen LogP contribution in [0.3, 0.4) is 0 Å². The number of hydrogen-bond donors (Lipinski definition) is 6. The molecule has 0 saturated heterocycles. The number of nitrogens with one attached hydrogen (secondary N) is 5. The highest BCUT2D eigenvalue weighted by atomic mass is 16.6. The number of hydrogen-bond acceptors (Lipinski definition) is 10. The largest absolute Gasteiger partial charge is 0.480 e. The van der Waals surface area contributed by atoms with Crippen LogP contribution in [0.2, 0.25) is 0 Å². The minimum absolute atomic E-state index is 0.000520. The lowest BCUT2D eigenvalue weighted by atomic mass is 9.98. The van der Waals surface area contributed by atoms with E-state index in [-0.39, 0.29) is 74.2 Å². The van der Waals surface area contributed by atoms with Gasteiger partial charge in [-0.2, -0.15) is 0 Å².